The van der Waals surface area contributed by atoms with Crippen LogP contribution in [0.5, 0.6) is 23.0 Å². The Balaban J connectivity index is 1.35. The lowest BCUT2D eigenvalue weighted by Crippen LogP contribution is -2.27. The van der Waals surface area contributed by atoms with Gasteiger partial charge in [-0.05, 0) is 53.2 Å². The second-order valence-corrected chi connectivity index (χ2v) is 9.55. The Morgan fingerprint density at radius 1 is 1.08 bits per heavy atom. The Kier molecular flexibility index (Phi) is 7.12. The summed E-state index contributed by atoms with van der Waals surface area (Å²) in [6.45, 7) is -0.0106. The first kappa shape index (κ1) is 25.4. The quantitative estimate of drug-likeness (QED) is 0.193. The maximum Gasteiger partial charge on any atom is 0.293 e. The van der Waals surface area contributed by atoms with Gasteiger partial charge in [-0.15, -0.1) is 0 Å². The Morgan fingerprint density at radius 2 is 1.84 bits per heavy atom. The van der Waals surface area contributed by atoms with Crippen LogP contribution in [0.25, 0.3) is 6.08 Å². The topological polar surface area (TPSA) is 117 Å². The number of nitro benzene ring substituents is 1. The van der Waals surface area contributed by atoms with Gasteiger partial charge < -0.3 is 18.9 Å². The van der Waals surface area contributed by atoms with E-state index in [4.69, 9.17) is 30.5 Å². The summed E-state index contributed by atoms with van der Waals surface area (Å²) in [5, 5.41) is 11.2. The number of ether oxygens (including phenoxy) is 4. The average Bonchev–Trinajstić information content (AvgIpc) is 3.46. The minimum Gasteiger partial charge on any atom is -0.493 e. The van der Waals surface area contributed by atoms with E-state index >= 15 is 0 Å². The average molecular weight is 555 g/mol. The molecule has 3 aromatic carbocycles. The van der Waals surface area contributed by atoms with Gasteiger partial charge in [0.05, 0.1) is 29.0 Å². The van der Waals surface area contributed by atoms with E-state index < -0.39 is 16.1 Å². The Labute approximate surface area is 225 Å². The van der Waals surface area contributed by atoms with Gasteiger partial charge in [0.1, 0.15) is 6.61 Å². The molecule has 0 radical (unpaired) electrons. The standard InChI is InChI=1S/C26H19ClN2O8S/c1-34-20-7-6-15(8-21(20)35-13-16-4-2-3-5-19(16)29(32)33)9-24-25(30)28(26(31)38-24)12-17-10-22-23(11-18(17)27)37-14-36-22/h2-11H,12-14H2,1H3/b24-9-. The first-order valence-electron chi connectivity index (χ1n) is 11.2. The van der Waals surface area contributed by atoms with Crippen molar-refractivity contribution in [1.82, 2.24) is 4.90 Å². The number of methoxy groups -OCH3 is 1. The molecule has 2 aliphatic rings. The summed E-state index contributed by atoms with van der Waals surface area (Å²) in [4.78, 5) is 37.9. The molecule has 1 saturated heterocycles. The van der Waals surface area contributed by atoms with Crippen molar-refractivity contribution in [2.24, 2.45) is 0 Å². The fourth-order valence-corrected chi connectivity index (χ4v) is 4.95. The molecule has 0 aliphatic carbocycles. The number of nitro groups is 1. The zero-order chi connectivity index (χ0) is 26.8. The molecule has 0 N–H and O–H groups in total. The number of imide groups is 1. The van der Waals surface area contributed by atoms with Crippen molar-refractivity contribution >= 4 is 46.3 Å². The molecule has 0 spiro atoms. The lowest BCUT2D eigenvalue weighted by molar-refractivity contribution is -0.385. The maximum atomic E-state index is 13.1. The zero-order valence-electron chi connectivity index (χ0n) is 19.8. The summed E-state index contributed by atoms with van der Waals surface area (Å²) in [5.74, 6) is 1.27. The van der Waals surface area contributed by atoms with E-state index in [0.717, 1.165) is 16.7 Å². The highest BCUT2D eigenvalue weighted by molar-refractivity contribution is 8.18. The van der Waals surface area contributed by atoms with Crippen LogP contribution < -0.4 is 18.9 Å². The number of carbonyl (C=O) groups is 2. The molecule has 0 aromatic heterocycles. The van der Waals surface area contributed by atoms with Crippen LogP contribution in [0.1, 0.15) is 16.7 Å². The summed E-state index contributed by atoms with van der Waals surface area (Å²) >= 11 is 7.14. The number of halogens is 1. The molecule has 2 aliphatic heterocycles. The fraction of sp³-hybridized carbons (Fsp3) is 0.154. The third-order valence-electron chi connectivity index (χ3n) is 5.80. The molecular weight excluding hydrogens is 536 g/mol. The van der Waals surface area contributed by atoms with Gasteiger partial charge in [0.15, 0.2) is 23.0 Å². The van der Waals surface area contributed by atoms with Crippen molar-refractivity contribution in [3.8, 4) is 23.0 Å². The van der Waals surface area contributed by atoms with E-state index in [1.54, 1.807) is 54.6 Å². The van der Waals surface area contributed by atoms with Gasteiger partial charge in [0, 0.05) is 17.2 Å². The summed E-state index contributed by atoms with van der Waals surface area (Å²) in [7, 11) is 1.47. The number of amides is 2. The third-order valence-corrected chi connectivity index (χ3v) is 7.06. The summed E-state index contributed by atoms with van der Waals surface area (Å²) in [5.41, 5.74) is 1.47. The van der Waals surface area contributed by atoms with Gasteiger partial charge >= 0.3 is 0 Å². The summed E-state index contributed by atoms with van der Waals surface area (Å²) < 4.78 is 21.9. The minimum absolute atomic E-state index is 0.0235. The Morgan fingerprint density at radius 3 is 2.61 bits per heavy atom. The summed E-state index contributed by atoms with van der Waals surface area (Å²) in [6.07, 6.45) is 1.57. The number of hydrogen-bond donors (Lipinski definition) is 0. The molecule has 10 nitrogen and oxygen atoms in total. The molecule has 2 amide bonds. The first-order chi connectivity index (χ1) is 18.3. The third kappa shape index (κ3) is 5.11. The van der Waals surface area contributed by atoms with Crippen LogP contribution in [0.2, 0.25) is 5.02 Å². The molecule has 0 bridgehead atoms. The van der Waals surface area contributed by atoms with E-state index in [1.807, 2.05) is 0 Å². The fourth-order valence-electron chi connectivity index (χ4n) is 3.90. The SMILES string of the molecule is COc1ccc(/C=C2\SC(=O)N(Cc3cc4c(cc3Cl)OCO4)C2=O)cc1OCc1ccccc1[N+](=O)[O-]. The number of thioether (sulfide) groups is 1. The number of carbonyl (C=O) groups excluding carboxylic acids is 2. The molecule has 3 aromatic rings. The van der Waals surface area contributed by atoms with Crippen LogP contribution in [0, 0.1) is 10.1 Å². The molecule has 1 fully saturated rings. The number of rotatable bonds is 8. The second-order valence-electron chi connectivity index (χ2n) is 8.15. The second kappa shape index (κ2) is 10.6. The Bertz CT molecular complexity index is 1490. The highest BCUT2D eigenvalue weighted by Crippen LogP contribution is 2.40. The van der Waals surface area contributed by atoms with Crippen molar-refractivity contribution in [2.45, 2.75) is 13.2 Å². The van der Waals surface area contributed by atoms with Gasteiger partial charge in [-0.2, -0.15) is 0 Å². The van der Waals surface area contributed by atoms with E-state index in [-0.39, 0.29) is 30.5 Å². The lowest BCUT2D eigenvalue weighted by atomic mass is 10.1. The number of fused-ring (bicyclic) bond motifs is 1. The number of hydrogen-bond acceptors (Lipinski definition) is 9. The smallest absolute Gasteiger partial charge is 0.293 e. The van der Waals surface area contributed by atoms with Gasteiger partial charge in [-0.3, -0.25) is 24.6 Å². The van der Waals surface area contributed by atoms with E-state index in [0.29, 0.717) is 44.7 Å². The van der Waals surface area contributed by atoms with Crippen molar-refractivity contribution in [3.05, 3.63) is 91.3 Å². The predicted molar refractivity (Wildman–Crippen MR) is 140 cm³/mol. The first-order valence-corrected chi connectivity index (χ1v) is 12.4. The minimum atomic E-state index is -0.473. The van der Waals surface area contributed by atoms with Gasteiger partial charge in [-0.25, -0.2) is 0 Å². The van der Waals surface area contributed by atoms with Crippen LogP contribution in [-0.2, 0) is 17.9 Å². The highest BCUT2D eigenvalue weighted by Gasteiger charge is 2.36. The van der Waals surface area contributed by atoms with Crippen LogP contribution in [0.3, 0.4) is 0 Å². The normalized spacial score (nSPS) is 15.3. The predicted octanol–water partition coefficient (Wildman–Crippen LogP) is 5.80. The molecule has 2 heterocycles. The summed E-state index contributed by atoms with van der Waals surface area (Å²) in [6, 6.07) is 14.5. The monoisotopic (exact) mass is 554 g/mol. The molecule has 0 unspecified atom stereocenters. The molecule has 5 rings (SSSR count). The van der Waals surface area contributed by atoms with Gasteiger partial charge in [-0.1, -0.05) is 29.8 Å². The van der Waals surface area contributed by atoms with Crippen molar-refractivity contribution in [2.75, 3.05) is 13.9 Å². The maximum absolute atomic E-state index is 13.1. The van der Waals surface area contributed by atoms with Crippen LogP contribution in [-0.4, -0.2) is 34.9 Å². The van der Waals surface area contributed by atoms with Crippen molar-refractivity contribution < 1.29 is 33.5 Å². The molecular formula is C26H19ClN2O8S. The zero-order valence-corrected chi connectivity index (χ0v) is 21.4. The van der Waals surface area contributed by atoms with E-state index in [9.17, 15) is 19.7 Å². The molecule has 0 saturated carbocycles. The largest absolute Gasteiger partial charge is 0.493 e. The van der Waals surface area contributed by atoms with Crippen LogP contribution in [0.15, 0.2) is 59.5 Å². The van der Waals surface area contributed by atoms with E-state index in [1.165, 1.54) is 13.2 Å². The van der Waals surface area contributed by atoms with Crippen LogP contribution in [0.4, 0.5) is 10.5 Å². The molecule has 194 valence electrons. The van der Waals surface area contributed by atoms with Crippen LogP contribution >= 0.6 is 23.4 Å². The Hall–Kier alpha value is -4.22. The number of nitrogens with zero attached hydrogens (tertiary/aromatic N) is 2. The van der Waals surface area contributed by atoms with Gasteiger partial charge in [0.2, 0.25) is 6.79 Å². The molecule has 38 heavy (non-hydrogen) atoms. The van der Waals surface area contributed by atoms with E-state index in [2.05, 4.69) is 0 Å². The molecule has 0 atom stereocenters. The highest BCUT2D eigenvalue weighted by atomic mass is 35.5. The molecule has 12 heteroatoms. The lowest BCUT2D eigenvalue weighted by Gasteiger charge is -2.14. The van der Waals surface area contributed by atoms with Gasteiger partial charge in [0.25, 0.3) is 16.8 Å². The van der Waals surface area contributed by atoms with Crippen molar-refractivity contribution in [3.63, 3.8) is 0 Å². The number of benzene rings is 3. The van der Waals surface area contributed by atoms with Crippen molar-refractivity contribution in [1.29, 1.82) is 0 Å². The number of para-hydroxylation sites is 1.